The molecule has 0 fully saturated rings. The molecular weight excluding hydrogens is 423 g/mol. The van der Waals surface area contributed by atoms with Crippen molar-refractivity contribution in [1.29, 1.82) is 0 Å². The summed E-state index contributed by atoms with van der Waals surface area (Å²) in [6.07, 6.45) is 2.38. The van der Waals surface area contributed by atoms with Crippen molar-refractivity contribution >= 4 is 24.4 Å². The fourth-order valence-electron chi connectivity index (χ4n) is 3.78. The normalized spacial score (nSPS) is 13.4. The number of hydrogen-bond donors (Lipinski definition) is 0. The summed E-state index contributed by atoms with van der Waals surface area (Å²) in [5.74, 6) is 0.177. The highest BCUT2D eigenvalue weighted by Crippen LogP contribution is 2.39. The van der Waals surface area contributed by atoms with Crippen molar-refractivity contribution in [2.75, 3.05) is 6.61 Å². The number of rotatable bonds is 12. The average Bonchev–Trinajstić information content (AvgIpc) is 2.75. The maximum atomic E-state index is 12.7. The van der Waals surface area contributed by atoms with Gasteiger partial charge in [0.15, 0.2) is 0 Å². The Morgan fingerprint density at radius 1 is 0.938 bits per heavy atom. The average molecular weight is 453 g/mol. The number of Topliss-reactive ketones (excluding diaryl/α,β-unsaturated/α-hetero) is 1. The molecule has 0 spiro atoms. The predicted octanol–water partition coefficient (Wildman–Crippen LogP) is 6.09. The first-order valence-electron chi connectivity index (χ1n) is 11.1. The van der Waals surface area contributed by atoms with Crippen LogP contribution in [0.4, 0.5) is 0 Å². The summed E-state index contributed by atoms with van der Waals surface area (Å²) >= 11 is 0. The Hall–Kier alpha value is -2.30. The lowest BCUT2D eigenvalue weighted by Gasteiger charge is -2.24. The quantitative estimate of drug-likeness (QED) is 0.245. The van der Waals surface area contributed by atoms with Crippen molar-refractivity contribution < 1.29 is 23.3 Å². The molecule has 0 heterocycles. The smallest absolute Gasteiger partial charge is 0.268 e. The van der Waals surface area contributed by atoms with E-state index in [-0.39, 0.29) is 12.4 Å². The molecule has 5 nitrogen and oxygen atoms in total. The molecule has 1 atom stereocenters. The molecule has 3 rings (SSSR count). The largest absolute Gasteiger partial charge is 0.756 e. The van der Waals surface area contributed by atoms with E-state index in [0.717, 1.165) is 33.9 Å². The first-order valence-corrected chi connectivity index (χ1v) is 12.5. The second-order valence-electron chi connectivity index (χ2n) is 8.15. The second kappa shape index (κ2) is 11.5. The summed E-state index contributed by atoms with van der Waals surface area (Å²) in [5.41, 5.74) is 3.25. The fraction of sp³-hybridized carbons (Fsp3) is 0.346. The molecule has 170 valence electrons. The Kier molecular flexibility index (Phi) is 8.77. The Labute approximate surface area is 190 Å². The van der Waals surface area contributed by atoms with Gasteiger partial charge < -0.3 is 13.9 Å². The first kappa shape index (κ1) is 24.3. The summed E-state index contributed by atoms with van der Waals surface area (Å²) in [7, 11) is -4.23. The van der Waals surface area contributed by atoms with E-state index in [0.29, 0.717) is 25.7 Å². The van der Waals surface area contributed by atoms with Crippen molar-refractivity contribution in [1.82, 2.24) is 0 Å². The summed E-state index contributed by atoms with van der Waals surface area (Å²) < 4.78 is 21.1. The molecule has 0 radical (unpaired) electrons. The third-order valence-corrected chi connectivity index (χ3v) is 6.33. The molecule has 0 aliphatic carbocycles. The van der Waals surface area contributed by atoms with Crippen LogP contribution in [0.25, 0.3) is 21.9 Å². The second-order valence-corrected chi connectivity index (χ2v) is 9.51. The Bertz CT molecular complexity index is 1080. The highest BCUT2D eigenvalue weighted by molar-refractivity contribution is 7.45. The van der Waals surface area contributed by atoms with Gasteiger partial charge in [0.1, 0.15) is 5.78 Å². The van der Waals surface area contributed by atoms with Crippen LogP contribution in [0.3, 0.4) is 0 Å². The van der Waals surface area contributed by atoms with E-state index in [4.69, 9.17) is 9.05 Å². The number of hydrogen-bond acceptors (Lipinski definition) is 5. The highest BCUT2D eigenvalue weighted by atomic mass is 31.2. The number of carbonyl (C=O) groups is 1. The van der Waals surface area contributed by atoms with E-state index in [1.165, 1.54) is 0 Å². The van der Waals surface area contributed by atoms with Crippen LogP contribution < -0.4 is 4.89 Å². The van der Waals surface area contributed by atoms with E-state index in [9.17, 15) is 14.3 Å². The molecule has 32 heavy (non-hydrogen) atoms. The first-order chi connectivity index (χ1) is 15.4. The molecule has 6 heteroatoms. The molecule has 0 amide bonds. The van der Waals surface area contributed by atoms with Crippen LogP contribution >= 0.6 is 7.82 Å². The number of carbonyl (C=O) groups excluding carboxylic acids is 1. The lowest BCUT2D eigenvalue weighted by Crippen LogP contribution is -2.13. The maximum Gasteiger partial charge on any atom is 0.268 e. The van der Waals surface area contributed by atoms with Gasteiger partial charge in [-0.05, 0) is 54.2 Å². The summed E-state index contributed by atoms with van der Waals surface area (Å²) in [5, 5.41) is 2.30. The maximum absolute atomic E-state index is 12.7. The van der Waals surface area contributed by atoms with Crippen LogP contribution in [-0.4, -0.2) is 18.5 Å². The van der Waals surface area contributed by atoms with E-state index < -0.39 is 13.9 Å². The van der Waals surface area contributed by atoms with Gasteiger partial charge in [0, 0.05) is 12.8 Å². The molecule has 3 aromatic carbocycles. The predicted molar refractivity (Wildman–Crippen MR) is 126 cm³/mol. The van der Waals surface area contributed by atoms with E-state index in [2.05, 4.69) is 36.4 Å². The SMILES string of the molecule is CC(C)OP(=O)([O-])OCCCCCC(=O)Cc1ccc2ccccc2c1-c1ccccc1. The van der Waals surface area contributed by atoms with E-state index in [1.54, 1.807) is 13.8 Å². The standard InChI is InChI=1S/C26H31O5P/c1-20(2)31-32(28,29)30-18-10-4-7-14-24(27)19-23-17-16-21-11-8-9-15-25(21)26(23)22-12-5-3-6-13-22/h3,5-6,8-9,11-13,15-17,20H,4,7,10,14,18-19H2,1-2H3,(H,28,29)/p-1. The van der Waals surface area contributed by atoms with Gasteiger partial charge in [-0.25, -0.2) is 0 Å². The minimum Gasteiger partial charge on any atom is -0.756 e. The van der Waals surface area contributed by atoms with Crippen LogP contribution in [-0.2, 0) is 24.8 Å². The summed E-state index contributed by atoms with van der Waals surface area (Å²) in [6, 6.07) is 22.5. The molecule has 0 N–H and O–H groups in total. The van der Waals surface area contributed by atoms with Gasteiger partial charge in [-0.15, -0.1) is 0 Å². The Morgan fingerprint density at radius 2 is 1.66 bits per heavy atom. The zero-order chi connectivity index (χ0) is 23.0. The third-order valence-electron chi connectivity index (χ3n) is 5.15. The van der Waals surface area contributed by atoms with Crippen LogP contribution in [0.15, 0.2) is 66.7 Å². The van der Waals surface area contributed by atoms with Gasteiger partial charge in [0.25, 0.3) is 7.82 Å². The molecule has 0 saturated carbocycles. The number of benzene rings is 3. The summed E-state index contributed by atoms with van der Waals surface area (Å²) in [6.45, 7) is 3.35. The van der Waals surface area contributed by atoms with Crippen molar-refractivity contribution in [2.45, 2.75) is 52.1 Å². The molecule has 0 aromatic heterocycles. The lowest BCUT2D eigenvalue weighted by atomic mass is 9.90. The minimum absolute atomic E-state index is 0.0739. The summed E-state index contributed by atoms with van der Waals surface area (Å²) in [4.78, 5) is 24.3. The number of phosphoric acid groups is 1. The van der Waals surface area contributed by atoms with Crippen LogP contribution in [0, 0.1) is 0 Å². The monoisotopic (exact) mass is 453 g/mol. The number of fused-ring (bicyclic) bond motifs is 1. The number of ketones is 1. The Balaban J connectivity index is 1.57. The molecule has 0 aliphatic rings. The van der Waals surface area contributed by atoms with Crippen molar-refractivity contribution in [3.8, 4) is 11.1 Å². The lowest BCUT2D eigenvalue weighted by molar-refractivity contribution is -0.228. The van der Waals surface area contributed by atoms with E-state index in [1.807, 2.05) is 30.3 Å². The van der Waals surface area contributed by atoms with Gasteiger partial charge in [-0.1, -0.05) is 73.2 Å². The van der Waals surface area contributed by atoms with Gasteiger partial charge in [0.2, 0.25) is 0 Å². The molecule has 0 aliphatic heterocycles. The molecule has 3 aromatic rings. The fourth-order valence-corrected chi connectivity index (χ4v) is 4.71. The zero-order valence-corrected chi connectivity index (χ0v) is 19.6. The third kappa shape index (κ3) is 7.11. The molecule has 1 unspecified atom stereocenters. The van der Waals surface area contributed by atoms with Crippen LogP contribution in [0.2, 0.25) is 0 Å². The number of unbranched alkanes of at least 4 members (excludes halogenated alkanes) is 2. The van der Waals surface area contributed by atoms with Crippen molar-refractivity contribution in [3.05, 3.63) is 72.3 Å². The van der Waals surface area contributed by atoms with Gasteiger partial charge in [-0.2, -0.15) is 0 Å². The molecular formula is C26H30O5P-. The highest BCUT2D eigenvalue weighted by Gasteiger charge is 2.14. The molecule has 0 bridgehead atoms. The van der Waals surface area contributed by atoms with Gasteiger partial charge in [0.05, 0.1) is 12.7 Å². The zero-order valence-electron chi connectivity index (χ0n) is 18.7. The Morgan fingerprint density at radius 3 is 2.41 bits per heavy atom. The van der Waals surface area contributed by atoms with Crippen molar-refractivity contribution in [3.63, 3.8) is 0 Å². The number of phosphoric ester groups is 1. The van der Waals surface area contributed by atoms with Crippen molar-refractivity contribution in [2.24, 2.45) is 0 Å². The van der Waals surface area contributed by atoms with E-state index >= 15 is 0 Å². The topological polar surface area (TPSA) is 75.7 Å². The minimum atomic E-state index is -4.23. The van der Waals surface area contributed by atoms with Gasteiger partial charge >= 0.3 is 0 Å². The van der Waals surface area contributed by atoms with Crippen LogP contribution in [0.1, 0.15) is 45.1 Å². The molecule has 0 saturated heterocycles. The van der Waals surface area contributed by atoms with Crippen LogP contribution in [0.5, 0.6) is 0 Å². The van der Waals surface area contributed by atoms with Gasteiger partial charge in [-0.3, -0.25) is 9.36 Å².